The Labute approximate surface area is 101 Å². The highest BCUT2D eigenvalue weighted by molar-refractivity contribution is 5.28. The summed E-state index contributed by atoms with van der Waals surface area (Å²) in [7, 11) is 0. The summed E-state index contributed by atoms with van der Waals surface area (Å²) in [6, 6.07) is 8.21. The minimum Gasteiger partial charge on any atom is -0.339 e. The molecule has 0 radical (unpaired) electrons. The zero-order valence-electron chi connectivity index (χ0n) is 10.2. The fraction of sp³-hybridized carbons (Fsp3) is 0.385. The van der Waals surface area contributed by atoms with Crippen LogP contribution in [0.1, 0.15) is 35.7 Å². The van der Waals surface area contributed by atoms with Crippen molar-refractivity contribution in [2.45, 2.75) is 26.2 Å². The zero-order valence-corrected chi connectivity index (χ0v) is 10.2. The molecule has 0 fully saturated rings. The Kier molecular flexibility index (Phi) is 3.54. The predicted molar refractivity (Wildman–Crippen MR) is 65.8 cm³/mol. The molecule has 1 atom stereocenters. The number of nitrogens with zero attached hydrogens (tertiary/aromatic N) is 2. The lowest BCUT2D eigenvalue weighted by atomic mass is 10.1. The van der Waals surface area contributed by atoms with Gasteiger partial charge >= 0.3 is 0 Å². The number of nitrogens with two attached hydrogens (primary N) is 1. The first-order chi connectivity index (χ1) is 8.20. The van der Waals surface area contributed by atoms with Crippen molar-refractivity contribution in [2.75, 3.05) is 6.54 Å². The van der Waals surface area contributed by atoms with Gasteiger partial charge in [-0.15, -0.1) is 0 Å². The summed E-state index contributed by atoms with van der Waals surface area (Å²) in [6.07, 6.45) is 0.702. The van der Waals surface area contributed by atoms with Crippen molar-refractivity contribution in [3.05, 3.63) is 47.1 Å². The molecule has 0 amide bonds. The van der Waals surface area contributed by atoms with Crippen LogP contribution in [0.4, 0.5) is 0 Å². The van der Waals surface area contributed by atoms with Crippen LogP contribution in [-0.4, -0.2) is 16.7 Å². The second kappa shape index (κ2) is 5.10. The fourth-order valence-corrected chi connectivity index (χ4v) is 1.62. The third kappa shape index (κ3) is 2.71. The third-order valence-electron chi connectivity index (χ3n) is 2.87. The van der Waals surface area contributed by atoms with Gasteiger partial charge in [-0.1, -0.05) is 36.3 Å². The maximum absolute atomic E-state index is 5.56. The lowest BCUT2D eigenvalue weighted by Gasteiger charge is -2.01. The van der Waals surface area contributed by atoms with Crippen LogP contribution in [0.5, 0.6) is 0 Å². The van der Waals surface area contributed by atoms with Crippen LogP contribution in [0, 0.1) is 6.92 Å². The van der Waals surface area contributed by atoms with Crippen LogP contribution in [0.3, 0.4) is 0 Å². The molecular weight excluding hydrogens is 214 g/mol. The van der Waals surface area contributed by atoms with E-state index in [4.69, 9.17) is 10.3 Å². The first kappa shape index (κ1) is 11.8. The molecule has 1 aromatic carbocycles. The molecule has 4 heteroatoms. The van der Waals surface area contributed by atoms with E-state index in [1.165, 1.54) is 11.1 Å². The SMILES string of the molecule is Cc1ccccc1Cc1noc(C(C)CN)n1. The van der Waals surface area contributed by atoms with Gasteiger partial charge in [0.25, 0.3) is 0 Å². The van der Waals surface area contributed by atoms with Gasteiger partial charge in [-0.05, 0) is 18.1 Å². The van der Waals surface area contributed by atoms with Crippen LogP contribution < -0.4 is 5.73 Å². The molecule has 0 aliphatic carbocycles. The molecule has 2 N–H and O–H groups in total. The maximum Gasteiger partial charge on any atom is 0.230 e. The molecule has 90 valence electrons. The highest BCUT2D eigenvalue weighted by atomic mass is 16.5. The molecule has 0 saturated carbocycles. The van der Waals surface area contributed by atoms with E-state index in [9.17, 15) is 0 Å². The Morgan fingerprint density at radius 2 is 2.12 bits per heavy atom. The van der Waals surface area contributed by atoms with Crippen molar-refractivity contribution in [2.24, 2.45) is 5.73 Å². The molecule has 0 bridgehead atoms. The second-order valence-corrected chi connectivity index (χ2v) is 4.29. The molecule has 1 heterocycles. The molecule has 1 aromatic heterocycles. The Morgan fingerprint density at radius 3 is 2.82 bits per heavy atom. The lowest BCUT2D eigenvalue weighted by molar-refractivity contribution is 0.357. The minimum absolute atomic E-state index is 0.119. The first-order valence-corrected chi connectivity index (χ1v) is 5.77. The molecule has 2 aromatic rings. The lowest BCUT2D eigenvalue weighted by Crippen LogP contribution is -2.09. The van der Waals surface area contributed by atoms with E-state index >= 15 is 0 Å². The Hall–Kier alpha value is -1.68. The molecule has 0 saturated heterocycles. The van der Waals surface area contributed by atoms with Crippen LogP contribution in [-0.2, 0) is 6.42 Å². The van der Waals surface area contributed by atoms with Gasteiger partial charge in [0, 0.05) is 18.9 Å². The molecule has 4 nitrogen and oxygen atoms in total. The average molecular weight is 231 g/mol. The van der Waals surface area contributed by atoms with E-state index in [1.807, 2.05) is 19.1 Å². The van der Waals surface area contributed by atoms with E-state index < -0.39 is 0 Å². The van der Waals surface area contributed by atoms with Crippen LogP contribution >= 0.6 is 0 Å². The topological polar surface area (TPSA) is 64.9 Å². The zero-order chi connectivity index (χ0) is 12.3. The summed E-state index contributed by atoms with van der Waals surface area (Å²) in [6.45, 7) is 4.58. The number of aryl methyl sites for hydroxylation is 1. The van der Waals surface area contributed by atoms with E-state index in [0.717, 1.165) is 5.82 Å². The van der Waals surface area contributed by atoms with Gasteiger partial charge in [0.2, 0.25) is 5.89 Å². The number of aromatic nitrogens is 2. The maximum atomic E-state index is 5.56. The Bertz CT molecular complexity index is 493. The van der Waals surface area contributed by atoms with Crippen molar-refractivity contribution in [3.63, 3.8) is 0 Å². The Morgan fingerprint density at radius 1 is 1.35 bits per heavy atom. The summed E-state index contributed by atoms with van der Waals surface area (Å²) in [5, 5.41) is 3.98. The van der Waals surface area contributed by atoms with E-state index in [2.05, 4.69) is 29.2 Å². The monoisotopic (exact) mass is 231 g/mol. The number of rotatable bonds is 4. The van der Waals surface area contributed by atoms with E-state index in [-0.39, 0.29) is 5.92 Å². The molecule has 2 rings (SSSR count). The molecule has 17 heavy (non-hydrogen) atoms. The molecule has 1 unspecified atom stereocenters. The van der Waals surface area contributed by atoms with Crippen molar-refractivity contribution in [1.82, 2.24) is 10.1 Å². The van der Waals surface area contributed by atoms with Gasteiger partial charge in [-0.25, -0.2) is 0 Å². The quantitative estimate of drug-likeness (QED) is 0.874. The smallest absolute Gasteiger partial charge is 0.230 e. The van der Waals surface area contributed by atoms with Gasteiger partial charge < -0.3 is 10.3 Å². The molecule has 0 aliphatic heterocycles. The number of hydrogen-bond donors (Lipinski definition) is 1. The summed E-state index contributed by atoms with van der Waals surface area (Å²) >= 11 is 0. The number of hydrogen-bond acceptors (Lipinski definition) is 4. The van der Waals surface area contributed by atoms with Crippen molar-refractivity contribution >= 4 is 0 Å². The van der Waals surface area contributed by atoms with Gasteiger partial charge in [0.15, 0.2) is 5.82 Å². The van der Waals surface area contributed by atoms with Crippen molar-refractivity contribution < 1.29 is 4.52 Å². The third-order valence-corrected chi connectivity index (χ3v) is 2.87. The average Bonchev–Trinajstić information content (AvgIpc) is 2.80. The molecule has 0 aliphatic rings. The second-order valence-electron chi connectivity index (χ2n) is 4.29. The van der Waals surface area contributed by atoms with Crippen molar-refractivity contribution in [3.8, 4) is 0 Å². The summed E-state index contributed by atoms with van der Waals surface area (Å²) < 4.78 is 5.19. The van der Waals surface area contributed by atoms with Crippen LogP contribution in [0.15, 0.2) is 28.8 Å². The largest absolute Gasteiger partial charge is 0.339 e. The highest BCUT2D eigenvalue weighted by Gasteiger charge is 2.13. The van der Waals surface area contributed by atoms with E-state index in [1.54, 1.807) is 0 Å². The van der Waals surface area contributed by atoms with Gasteiger partial charge in [0.05, 0.1) is 0 Å². The first-order valence-electron chi connectivity index (χ1n) is 5.77. The van der Waals surface area contributed by atoms with Gasteiger partial charge in [-0.2, -0.15) is 4.98 Å². The summed E-state index contributed by atoms with van der Waals surface area (Å²) in [4.78, 5) is 4.36. The van der Waals surface area contributed by atoms with Crippen LogP contribution in [0.25, 0.3) is 0 Å². The minimum atomic E-state index is 0.119. The van der Waals surface area contributed by atoms with Gasteiger partial charge in [-0.3, -0.25) is 0 Å². The molecule has 0 spiro atoms. The summed E-state index contributed by atoms with van der Waals surface area (Å²) in [5.41, 5.74) is 8.03. The van der Waals surface area contributed by atoms with Crippen molar-refractivity contribution in [1.29, 1.82) is 0 Å². The van der Waals surface area contributed by atoms with Gasteiger partial charge in [0.1, 0.15) is 0 Å². The normalized spacial score (nSPS) is 12.6. The van der Waals surface area contributed by atoms with Crippen LogP contribution in [0.2, 0.25) is 0 Å². The molecular formula is C13H17N3O. The fourth-order valence-electron chi connectivity index (χ4n) is 1.62. The predicted octanol–water partition coefficient (Wildman–Crippen LogP) is 2.03. The number of benzene rings is 1. The highest BCUT2D eigenvalue weighted by Crippen LogP contribution is 2.14. The summed E-state index contributed by atoms with van der Waals surface area (Å²) in [5.74, 6) is 1.46. The Balaban J connectivity index is 2.14. The van der Waals surface area contributed by atoms with E-state index in [0.29, 0.717) is 18.9 Å². The standard InChI is InChI=1S/C13H17N3O/c1-9-5-3-4-6-11(9)7-12-15-13(17-16-12)10(2)8-14/h3-6,10H,7-8,14H2,1-2H3.